The lowest BCUT2D eigenvalue weighted by molar-refractivity contribution is -0.116. The quantitative estimate of drug-likeness (QED) is 0.328. The number of aryl methyl sites for hydroxylation is 1. The van der Waals surface area contributed by atoms with Crippen molar-refractivity contribution in [3.05, 3.63) is 78.1 Å². The van der Waals surface area contributed by atoms with Gasteiger partial charge in [-0.1, -0.05) is 36.5 Å². The molecular formula is C24H23N3O2S2. The van der Waals surface area contributed by atoms with E-state index in [0.29, 0.717) is 12.3 Å². The molecule has 5 nitrogen and oxygen atoms in total. The number of thioether (sulfide) groups is 1. The average molecular weight is 450 g/mol. The molecule has 0 atom stereocenters. The molecule has 0 fully saturated rings. The third-order valence-electron chi connectivity index (χ3n) is 4.89. The lowest BCUT2D eigenvalue weighted by Gasteiger charge is -2.19. The molecular weight excluding hydrogens is 426 g/mol. The zero-order chi connectivity index (χ0) is 21.6. The lowest BCUT2D eigenvalue weighted by Crippen LogP contribution is -2.31. The number of thiazole rings is 1. The third kappa shape index (κ3) is 5.06. The van der Waals surface area contributed by atoms with Gasteiger partial charge in [-0.3, -0.25) is 14.7 Å². The van der Waals surface area contributed by atoms with Crippen molar-refractivity contribution in [2.45, 2.75) is 24.8 Å². The molecule has 31 heavy (non-hydrogen) atoms. The number of hydrogen-bond acceptors (Lipinski definition) is 6. The predicted molar refractivity (Wildman–Crippen MR) is 128 cm³/mol. The Kier molecular flexibility index (Phi) is 6.84. The molecule has 0 bridgehead atoms. The van der Waals surface area contributed by atoms with E-state index in [-0.39, 0.29) is 5.91 Å². The summed E-state index contributed by atoms with van der Waals surface area (Å²) < 4.78 is 6.31. The van der Waals surface area contributed by atoms with Crippen LogP contribution in [0.25, 0.3) is 10.2 Å². The summed E-state index contributed by atoms with van der Waals surface area (Å²) in [5.74, 6) is 1.14. The predicted octanol–water partition coefficient (Wildman–Crippen LogP) is 5.59. The van der Waals surface area contributed by atoms with Crippen molar-refractivity contribution >= 4 is 44.4 Å². The number of aromatic nitrogens is 2. The number of fused-ring (bicyclic) bond motifs is 1. The zero-order valence-corrected chi connectivity index (χ0v) is 19.1. The van der Waals surface area contributed by atoms with Crippen LogP contribution in [-0.4, -0.2) is 28.7 Å². The maximum absolute atomic E-state index is 13.3. The van der Waals surface area contributed by atoms with Gasteiger partial charge in [0.1, 0.15) is 5.75 Å². The number of rotatable bonds is 8. The maximum atomic E-state index is 13.3. The van der Waals surface area contributed by atoms with Crippen molar-refractivity contribution in [2.75, 3.05) is 17.8 Å². The fraction of sp³-hybridized carbons (Fsp3) is 0.208. The Morgan fingerprint density at radius 1 is 1.13 bits per heavy atom. The van der Waals surface area contributed by atoms with Gasteiger partial charge in [0.05, 0.1) is 29.6 Å². The molecule has 0 aliphatic heterocycles. The summed E-state index contributed by atoms with van der Waals surface area (Å²) in [5.41, 5.74) is 3.15. The second-order valence-electron chi connectivity index (χ2n) is 6.92. The number of amides is 1. The van der Waals surface area contributed by atoms with Crippen molar-refractivity contribution in [2.24, 2.45) is 0 Å². The van der Waals surface area contributed by atoms with E-state index in [1.54, 1.807) is 35.7 Å². The number of para-hydroxylation sites is 1. The van der Waals surface area contributed by atoms with Gasteiger partial charge in [0.15, 0.2) is 5.13 Å². The first kappa shape index (κ1) is 21.3. The van der Waals surface area contributed by atoms with Crippen molar-refractivity contribution in [1.82, 2.24) is 9.97 Å². The zero-order valence-electron chi connectivity index (χ0n) is 17.4. The first-order valence-corrected chi connectivity index (χ1v) is 11.8. The molecule has 0 aliphatic carbocycles. The van der Waals surface area contributed by atoms with E-state index in [1.807, 2.05) is 36.4 Å². The van der Waals surface area contributed by atoms with Gasteiger partial charge in [0, 0.05) is 17.3 Å². The number of carbonyl (C=O) groups excluding carboxylic acids is 1. The van der Waals surface area contributed by atoms with E-state index in [9.17, 15) is 4.79 Å². The fourth-order valence-electron chi connectivity index (χ4n) is 3.23. The average Bonchev–Trinajstić information content (AvgIpc) is 3.26. The summed E-state index contributed by atoms with van der Waals surface area (Å²) in [6.45, 7) is 2.56. The molecule has 0 N–H and O–H groups in total. The number of carbonyl (C=O) groups is 1. The summed E-state index contributed by atoms with van der Waals surface area (Å²) in [7, 11) is 1.64. The van der Waals surface area contributed by atoms with Gasteiger partial charge in [-0.05, 0) is 53.9 Å². The number of methoxy groups -OCH3 is 1. The SMILES string of the molecule is CCc1cccc2sc(N(Cc3cccnc3)C(=O)CSc3ccc(OC)cc3)nc12. The Labute approximate surface area is 190 Å². The number of hydrogen-bond donors (Lipinski definition) is 0. The van der Waals surface area contributed by atoms with Crippen molar-refractivity contribution in [3.8, 4) is 5.75 Å². The molecule has 2 heterocycles. The molecule has 7 heteroatoms. The van der Waals surface area contributed by atoms with Crippen LogP contribution in [0.5, 0.6) is 5.75 Å². The van der Waals surface area contributed by atoms with Gasteiger partial charge in [-0.15, -0.1) is 11.8 Å². The van der Waals surface area contributed by atoms with Crippen LogP contribution in [0.3, 0.4) is 0 Å². The summed E-state index contributed by atoms with van der Waals surface area (Å²) in [5, 5.41) is 0.722. The van der Waals surface area contributed by atoms with Crippen molar-refractivity contribution in [3.63, 3.8) is 0 Å². The molecule has 0 saturated carbocycles. The second-order valence-corrected chi connectivity index (χ2v) is 8.98. The number of ether oxygens (including phenoxy) is 1. The molecule has 0 radical (unpaired) electrons. The van der Waals surface area contributed by atoms with E-state index < -0.39 is 0 Å². The summed E-state index contributed by atoms with van der Waals surface area (Å²) in [6, 6.07) is 17.8. The summed E-state index contributed by atoms with van der Waals surface area (Å²) in [4.78, 5) is 25.2. The maximum Gasteiger partial charge on any atom is 0.239 e. The van der Waals surface area contributed by atoms with Crippen LogP contribution < -0.4 is 9.64 Å². The van der Waals surface area contributed by atoms with Gasteiger partial charge in [0.2, 0.25) is 5.91 Å². The van der Waals surface area contributed by atoms with Crippen LogP contribution >= 0.6 is 23.1 Å². The van der Waals surface area contributed by atoms with Crippen LogP contribution in [0.4, 0.5) is 5.13 Å². The molecule has 1 amide bonds. The Morgan fingerprint density at radius 3 is 2.68 bits per heavy atom. The Hall–Kier alpha value is -2.90. The first-order valence-electron chi connectivity index (χ1n) is 10.0. The Morgan fingerprint density at radius 2 is 1.97 bits per heavy atom. The van der Waals surface area contributed by atoms with Gasteiger partial charge in [0.25, 0.3) is 0 Å². The largest absolute Gasteiger partial charge is 0.497 e. The minimum atomic E-state index is 0.0155. The normalized spacial score (nSPS) is 10.9. The molecule has 2 aromatic heterocycles. The minimum absolute atomic E-state index is 0.0155. The highest BCUT2D eigenvalue weighted by atomic mass is 32.2. The van der Waals surface area contributed by atoms with Gasteiger partial charge < -0.3 is 4.74 Å². The van der Waals surface area contributed by atoms with Crippen LogP contribution in [-0.2, 0) is 17.8 Å². The van der Waals surface area contributed by atoms with Gasteiger partial charge in [-0.25, -0.2) is 4.98 Å². The summed E-state index contributed by atoms with van der Waals surface area (Å²) in [6.07, 6.45) is 4.44. The van der Waals surface area contributed by atoms with E-state index >= 15 is 0 Å². The lowest BCUT2D eigenvalue weighted by atomic mass is 10.1. The molecule has 4 rings (SSSR count). The van der Waals surface area contributed by atoms with Crippen molar-refractivity contribution in [1.29, 1.82) is 0 Å². The molecule has 0 spiro atoms. The van der Waals surface area contributed by atoms with Crippen LogP contribution in [0.15, 0.2) is 71.9 Å². The van der Waals surface area contributed by atoms with Crippen LogP contribution in [0.2, 0.25) is 0 Å². The highest BCUT2D eigenvalue weighted by molar-refractivity contribution is 8.00. The smallest absolute Gasteiger partial charge is 0.239 e. The molecule has 158 valence electrons. The Bertz CT molecular complexity index is 1160. The molecule has 0 unspecified atom stereocenters. The van der Waals surface area contributed by atoms with Crippen LogP contribution in [0.1, 0.15) is 18.1 Å². The number of benzene rings is 2. The minimum Gasteiger partial charge on any atom is -0.497 e. The second kappa shape index (κ2) is 9.94. The van der Waals surface area contributed by atoms with E-state index in [4.69, 9.17) is 9.72 Å². The van der Waals surface area contributed by atoms with Crippen molar-refractivity contribution < 1.29 is 9.53 Å². The van der Waals surface area contributed by atoms with Gasteiger partial charge >= 0.3 is 0 Å². The molecule has 0 saturated heterocycles. The summed E-state index contributed by atoms with van der Waals surface area (Å²) >= 11 is 3.07. The number of anilines is 1. The molecule has 0 aliphatic rings. The monoisotopic (exact) mass is 449 g/mol. The molecule has 4 aromatic rings. The highest BCUT2D eigenvalue weighted by Crippen LogP contribution is 2.32. The van der Waals surface area contributed by atoms with E-state index in [1.165, 1.54) is 17.3 Å². The highest BCUT2D eigenvalue weighted by Gasteiger charge is 2.21. The van der Waals surface area contributed by atoms with E-state index in [0.717, 1.165) is 38.0 Å². The van der Waals surface area contributed by atoms with Crippen LogP contribution in [0, 0.1) is 0 Å². The fourth-order valence-corrected chi connectivity index (χ4v) is 5.03. The topological polar surface area (TPSA) is 55.3 Å². The first-order chi connectivity index (χ1) is 15.2. The molecule has 2 aromatic carbocycles. The third-order valence-corrected chi connectivity index (χ3v) is 6.93. The standard InChI is InChI=1S/C24H23N3O2S2/c1-3-18-7-4-8-21-23(18)26-24(31-21)27(15-17-6-5-13-25-14-17)22(28)16-30-20-11-9-19(29-2)10-12-20/h4-14H,3,15-16H2,1-2H3. The number of nitrogens with zero attached hydrogens (tertiary/aromatic N) is 3. The number of pyridine rings is 1. The Balaban J connectivity index is 1.59. The van der Waals surface area contributed by atoms with E-state index in [2.05, 4.69) is 30.1 Å². The van der Waals surface area contributed by atoms with Gasteiger partial charge in [-0.2, -0.15) is 0 Å².